The zero-order chi connectivity index (χ0) is 20.6. The van der Waals surface area contributed by atoms with E-state index in [9.17, 15) is 14.7 Å². The maximum atomic E-state index is 12.6. The molecule has 0 saturated carbocycles. The first-order valence-electron chi connectivity index (χ1n) is 8.81. The smallest absolute Gasteiger partial charge is 0.357 e. The molecule has 9 nitrogen and oxygen atoms in total. The third-order valence-corrected chi connectivity index (χ3v) is 5.38. The van der Waals surface area contributed by atoms with Crippen LogP contribution in [0.5, 0.6) is 0 Å². The number of thiazole rings is 1. The summed E-state index contributed by atoms with van der Waals surface area (Å²) in [6.07, 6.45) is -0.0228. The van der Waals surface area contributed by atoms with Gasteiger partial charge in [0, 0.05) is 22.8 Å². The Labute approximate surface area is 162 Å². The summed E-state index contributed by atoms with van der Waals surface area (Å²) >= 11 is 1.16. The molecule has 150 valence electrons. The standard InChI is InChI=1S/C17H27N5O4S/c1-6-10(4)14(21-22-18)15(24)19-11(9(2)3)7-13(23)16-20-12(8-27-16)17(25)26-5/h8-11,13-14,23H,6-7H2,1-5H3,(H,19,24)/t10-,11?,13+,14-/m0/s1. The van der Waals surface area contributed by atoms with Crippen LogP contribution in [0.25, 0.3) is 10.4 Å². The van der Waals surface area contributed by atoms with Gasteiger partial charge in [-0.1, -0.05) is 39.2 Å². The van der Waals surface area contributed by atoms with Gasteiger partial charge in [-0.25, -0.2) is 9.78 Å². The molecule has 1 unspecified atom stereocenters. The molecule has 1 rings (SSSR count). The number of nitrogens with one attached hydrogen (secondary N) is 1. The number of esters is 1. The van der Waals surface area contributed by atoms with Crippen LogP contribution in [0.1, 0.15) is 62.1 Å². The fourth-order valence-corrected chi connectivity index (χ4v) is 3.24. The van der Waals surface area contributed by atoms with E-state index in [1.807, 2.05) is 27.7 Å². The highest BCUT2D eigenvalue weighted by atomic mass is 32.1. The Morgan fingerprint density at radius 2 is 2.11 bits per heavy atom. The number of ether oxygens (including phenoxy) is 1. The van der Waals surface area contributed by atoms with Crippen molar-refractivity contribution in [2.75, 3.05) is 7.11 Å². The second kappa shape index (κ2) is 10.9. The van der Waals surface area contributed by atoms with Crippen LogP contribution in [0.3, 0.4) is 0 Å². The van der Waals surface area contributed by atoms with E-state index in [2.05, 4.69) is 25.1 Å². The Kier molecular flexibility index (Phi) is 9.20. The molecule has 0 aliphatic carbocycles. The lowest BCUT2D eigenvalue weighted by Crippen LogP contribution is -2.45. The third-order valence-electron chi connectivity index (χ3n) is 4.44. The molecule has 1 aromatic rings. The molecule has 1 heterocycles. The fraction of sp³-hybridized carbons (Fsp3) is 0.706. The van der Waals surface area contributed by atoms with E-state index in [0.29, 0.717) is 11.4 Å². The normalized spacial score (nSPS) is 15.4. The Morgan fingerprint density at radius 3 is 2.63 bits per heavy atom. The Hall–Kier alpha value is -2.16. The van der Waals surface area contributed by atoms with Crippen LogP contribution in [0, 0.1) is 11.8 Å². The summed E-state index contributed by atoms with van der Waals surface area (Å²) < 4.78 is 4.61. The summed E-state index contributed by atoms with van der Waals surface area (Å²) in [4.78, 5) is 30.9. The third kappa shape index (κ3) is 6.50. The van der Waals surface area contributed by atoms with E-state index in [1.165, 1.54) is 12.5 Å². The minimum atomic E-state index is -0.942. The van der Waals surface area contributed by atoms with Crippen molar-refractivity contribution in [1.82, 2.24) is 10.3 Å². The summed E-state index contributed by atoms with van der Waals surface area (Å²) in [7, 11) is 1.26. The lowest BCUT2D eigenvalue weighted by atomic mass is 9.95. The molecule has 2 N–H and O–H groups in total. The lowest BCUT2D eigenvalue weighted by Gasteiger charge is -2.27. The second-order valence-electron chi connectivity index (χ2n) is 6.71. The van der Waals surface area contributed by atoms with Crippen LogP contribution in [-0.2, 0) is 9.53 Å². The van der Waals surface area contributed by atoms with Gasteiger partial charge in [-0.15, -0.1) is 11.3 Å². The van der Waals surface area contributed by atoms with Gasteiger partial charge in [-0.2, -0.15) is 0 Å². The highest BCUT2D eigenvalue weighted by Gasteiger charge is 2.28. The average molecular weight is 398 g/mol. The fourth-order valence-electron chi connectivity index (χ4n) is 2.45. The predicted molar refractivity (Wildman–Crippen MR) is 102 cm³/mol. The van der Waals surface area contributed by atoms with Crippen LogP contribution >= 0.6 is 11.3 Å². The van der Waals surface area contributed by atoms with Gasteiger partial charge < -0.3 is 15.2 Å². The molecule has 0 spiro atoms. The molecule has 1 aromatic heterocycles. The molecule has 0 radical (unpaired) electrons. The molecule has 0 aliphatic rings. The first-order valence-corrected chi connectivity index (χ1v) is 9.69. The maximum absolute atomic E-state index is 12.6. The number of carbonyl (C=O) groups excluding carboxylic acids is 2. The van der Waals surface area contributed by atoms with Crippen molar-refractivity contribution in [2.24, 2.45) is 17.0 Å². The van der Waals surface area contributed by atoms with Crippen LogP contribution < -0.4 is 5.32 Å². The molecule has 4 atom stereocenters. The van der Waals surface area contributed by atoms with Gasteiger partial charge in [0.25, 0.3) is 0 Å². The SMILES string of the molecule is CC[C@H](C)[C@H](N=[N+]=[N-])C(=O)NC(C[C@@H](O)c1nc(C(=O)OC)cs1)C(C)C. The van der Waals surface area contributed by atoms with E-state index in [4.69, 9.17) is 5.53 Å². The number of amides is 1. The number of carbonyl (C=O) groups is 2. The maximum Gasteiger partial charge on any atom is 0.357 e. The molecule has 10 heteroatoms. The molecule has 1 amide bonds. The number of methoxy groups -OCH3 is 1. The van der Waals surface area contributed by atoms with E-state index < -0.39 is 18.1 Å². The summed E-state index contributed by atoms with van der Waals surface area (Å²) in [6.45, 7) is 7.61. The van der Waals surface area contributed by atoms with Crippen molar-refractivity contribution in [3.05, 3.63) is 26.5 Å². The zero-order valence-corrected chi connectivity index (χ0v) is 17.1. The van der Waals surface area contributed by atoms with Gasteiger partial charge in [-0.05, 0) is 17.4 Å². The molecular weight excluding hydrogens is 370 g/mol. The van der Waals surface area contributed by atoms with Crippen molar-refractivity contribution < 1.29 is 19.4 Å². The van der Waals surface area contributed by atoms with Gasteiger partial charge >= 0.3 is 5.97 Å². The van der Waals surface area contributed by atoms with Crippen LogP contribution in [0.15, 0.2) is 10.5 Å². The van der Waals surface area contributed by atoms with E-state index >= 15 is 0 Å². The lowest BCUT2D eigenvalue weighted by molar-refractivity contribution is -0.124. The summed E-state index contributed by atoms with van der Waals surface area (Å²) in [5, 5.41) is 18.9. The van der Waals surface area contributed by atoms with Gasteiger partial charge in [0.05, 0.1) is 7.11 Å². The number of aromatic nitrogens is 1. The van der Waals surface area contributed by atoms with Crippen LogP contribution in [0.4, 0.5) is 0 Å². The molecule has 27 heavy (non-hydrogen) atoms. The van der Waals surface area contributed by atoms with Gasteiger partial charge in [0.2, 0.25) is 5.91 Å². The van der Waals surface area contributed by atoms with Crippen molar-refractivity contribution in [3.63, 3.8) is 0 Å². The van der Waals surface area contributed by atoms with Crippen LogP contribution in [0.2, 0.25) is 0 Å². The van der Waals surface area contributed by atoms with E-state index in [1.54, 1.807) is 0 Å². The number of rotatable bonds is 10. The van der Waals surface area contributed by atoms with Gasteiger partial charge in [0.15, 0.2) is 5.69 Å². The quantitative estimate of drug-likeness (QED) is 0.270. The van der Waals surface area contributed by atoms with E-state index in [-0.39, 0.29) is 35.9 Å². The minimum absolute atomic E-state index is 0.0345. The number of aliphatic hydroxyl groups is 1. The molecule has 0 aliphatic heterocycles. The minimum Gasteiger partial charge on any atom is -0.464 e. The van der Waals surface area contributed by atoms with Crippen molar-refractivity contribution >= 4 is 23.2 Å². The van der Waals surface area contributed by atoms with Crippen molar-refractivity contribution in [1.29, 1.82) is 0 Å². The van der Waals surface area contributed by atoms with Crippen molar-refractivity contribution in [3.8, 4) is 0 Å². The van der Waals surface area contributed by atoms with E-state index in [0.717, 1.165) is 11.3 Å². The topological polar surface area (TPSA) is 137 Å². The summed E-state index contributed by atoms with van der Waals surface area (Å²) in [6, 6.07) is -1.15. The Bertz CT molecular complexity index is 687. The first kappa shape index (κ1) is 22.9. The molecule has 0 fully saturated rings. The highest BCUT2D eigenvalue weighted by Crippen LogP contribution is 2.25. The Balaban J connectivity index is 2.86. The number of azide groups is 1. The molecule has 0 saturated heterocycles. The second-order valence-corrected chi connectivity index (χ2v) is 7.60. The number of nitrogens with zero attached hydrogens (tertiary/aromatic N) is 4. The predicted octanol–water partition coefficient (Wildman–Crippen LogP) is 3.22. The number of aliphatic hydroxyl groups excluding tert-OH is 1. The highest BCUT2D eigenvalue weighted by molar-refractivity contribution is 7.09. The number of hydrogen-bond acceptors (Lipinski definition) is 7. The molecule has 0 aromatic carbocycles. The summed E-state index contributed by atoms with van der Waals surface area (Å²) in [5.74, 6) is -0.987. The zero-order valence-electron chi connectivity index (χ0n) is 16.2. The Morgan fingerprint density at radius 1 is 1.44 bits per heavy atom. The largest absolute Gasteiger partial charge is 0.464 e. The molecular formula is C17H27N5O4S. The van der Waals surface area contributed by atoms with Crippen molar-refractivity contribution in [2.45, 2.75) is 58.7 Å². The number of hydrogen-bond donors (Lipinski definition) is 2. The van der Waals surface area contributed by atoms with Gasteiger partial charge in [-0.3, -0.25) is 4.79 Å². The monoisotopic (exact) mass is 397 g/mol. The van der Waals surface area contributed by atoms with Gasteiger partial charge in [0.1, 0.15) is 17.2 Å². The summed E-state index contributed by atoms with van der Waals surface area (Å²) in [5.41, 5.74) is 8.87. The van der Waals surface area contributed by atoms with Crippen LogP contribution in [-0.4, -0.2) is 41.2 Å². The molecule has 0 bridgehead atoms. The first-order chi connectivity index (χ1) is 12.7. The average Bonchev–Trinajstić information content (AvgIpc) is 3.14.